The molecule has 0 fully saturated rings. The average Bonchev–Trinajstić information content (AvgIpc) is 3.62. The molecule has 15 heteroatoms. The fourth-order valence-electron chi connectivity index (χ4n) is 5.69. The van der Waals surface area contributed by atoms with E-state index < -0.39 is 12.1 Å². The molecule has 0 aliphatic carbocycles. The molecule has 15 nitrogen and oxygen atoms in total. The van der Waals surface area contributed by atoms with Crippen LogP contribution in [0.15, 0.2) is 82.4 Å². The monoisotopic (exact) mass is 705 g/mol. The van der Waals surface area contributed by atoms with Crippen molar-refractivity contribution < 1.29 is 37.9 Å². The summed E-state index contributed by atoms with van der Waals surface area (Å²) in [5.74, 6) is 0.828. The molecular formula is C37H35N7O8. The summed E-state index contributed by atoms with van der Waals surface area (Å²) < 4.78 is 27.8. The molecule has 4 aromatic carbocycles. The zero-order chi connectivity index (χ0) is 36.9. The van der Waals surface area contributed by atoms with E-state index in [2.05, 4.69) is 25.8 Å². The van der Waals surface area contributed by atoms with Gasteiger partial charge >= 0.3 is 0 Å². The van der Waals surface area contributed by atoms with Gasteiger partial charge in [-0.05, 0) is 77.7 Å². The van der Waals surface area contributed by atoms with Gasteiger partial charge in [0.25, 0.3) is 11.8 Å². The highest BCUT2D eigenvalue weighted by atomic mass is 16.8. The second kappa shape index (κ2) is 15.0. The molecular weight excluding hydrogens is 670 g/mol. The molecule has 7 rings (SSSR count). The lowest BCUT2D eigenvalue weighted by Crippen LogP contribution is -2.38. The van der Waals surface area contributed by atoms with Crippen molar-refractivity contribution in [1.82, 2.24) is 10.5 Å². The maximum atomic E-state index is 12.7. The summed E-state index contributed by atoms with van der Waals surface area (Å²) in [7, 11) is 4.35. The van der Waals surface area contributed by atoms with E-state index >= 15 is 0 Å². The third-order valence-electron chi connectivity index (χ3n) is 8.21. The van der Waals surface area contributed by atoms with Gasteiger partial charge in [0.15, 0.2) is 28.8 Å². The Balaban J connectivity index is 0.00000228. The second-order valence-electron chi connectivity index (χ2n) is 11.2. The van der Waals surface area contributed by atoms with Crippen molar-refractivity contribution in [2.45, 2.75) is 26.9 Å². The third kappa shape index (κ3) is 6.86. The summed E-state index contributed by atoms with van der Waals surface area (Å²) in [5, 5.41) is 15.3. The quantitative estimate of drug-likeness (QED) is 0.0445. The maximum absolute atomic E-state index is 12.7. The Morgan fingerprint density at radius 1 is 0.904 bits per heavy atom. The van der Waals surface area contributed by atoms with Crippen LogP contribution in [0.2, 0.25) is 0 Å². The van der Waals surface area contributed by atoms with Crippen molar-refractivity contribution in [2.24, 2.45) is 5.11 Å². The predicted molar refractivity (Wildman–Crippen MR) is 192 cm³/mol. The zero-order valence-electron chi connectivity index (χ0n) is 29.2. The first-order chi connectivity index (χ1) is 25.3. The molecule has 1 unspecified atom stereocenters. The number of carbonyl (C=O) groups excluding carboxylic acids is 2. The third-order valence-corrected chi connectivity index (χ3v) is 8.21. The average molecular weight is 706 g/mol. The highest BCUT2D eigenvalue weighted by Crippen LogP contribution is 2.50. The van der Waals surface area contributed by atoms with Gasteiger partial charge in [-0.3, -0.25) is 9.59 Å². The Bertz CT molecular complexity index is 2210. The second-order valence-corrected chi connectivity index (χ2v) is 11.2. The molecule has 1 atom stereocenters. The van der Waals surface area contributed by atoms with E-state index in [0.29, 0.717) is 34.1 Å². The molecule has 1 aromatic heterocycles. The summed E-state index contributed by atoms with van der Waals surface area (Å²) in [6.45, 7) is 5.84. The molecule has 0 radical (unpaired) electrons. The van der Waals surface area contributed by atoms with Crippen LogP contribution in [-0.4, -0.2) is 45.1 Å². The fraction of sp³-hybridized carbons (Fsp3) is 0.216. The van der Waals surface area contributed by atoms with Crippen LogP contribution in [-0.2, 0) is 4.84 Å². The van der Waals surface area contributed by atoms with Crippen molar-refractivity contribution in [3.8, 4) is 45.6 Å². The van der Waals surface area contributed by atoms with Crippen LogP contribution in [0, 0.1) is 6.92 Å². The minimum Gasteiger partial charge on any atom is -0.493 e. The van der Waals surface area contributed by atoms with Gasteiger partial charge in [-0.1, -0.05) is 36.7 Å². The highest BCUT2D eigenvalue weighted by Gasteiger charge is 2.32. The molecule has 0 bridgehead atoms. The Labute approximate surface area is 298 Å². The van der Waals surface area contributed by atoms with E-state index in [1.165, 1.54) is 20.3 Å². The van der Waals surface area contributed by atoms with E-state index in [-0.39, 0.29) is 29.8 Å². The minimum absolute atomic E-state index is 0.0215. The number of hydrogen-bond acceptors (Lipinski definition) is 11. The number of fused-ring (bicyclic) bond motifs is 2. The van der Waals surface area contributed by atoms with E-state index in [1.54, 1.807) is 36.4 Å². The number of carbonyl (C=O) groups is 2. The minimum atomic E-state index is -0.827. The number of ether oxygens (including phenoxy) is 4. The fourth-order valence-corrected chi connectivity index (χ4v) is 5.69. The van der Waals surface area contributed by atoms with Crippen LogP contribution in [0.25, 0.3) is 33.0 Å². The molecule has 2 N–H and O–H groups in total. The topological polar surface area (TPSA) is 182 Å². The molecule has 0 spiro atoms. The molecule has 266 valence electrons. The molecule has 5 aromatic rings. The van der Waals surface area contributed by atoms with E-state index in [4.69, 9.17) is 33.8 Å². The van der Waals surface area contributed by atoms with Crippen molar-refractivity contribution >= 4 is 28.9 Å². The first-order valence-corrected chi connectivity index (χ1v) is 16.2. The normalized spacial score (nSPS) is 13.5. The van der Waals surface area contributed by atoms with Gasteiger partial charge in [0.05, 0.1) is 43.8 Å². The molecule has 0 saturated carbocycles. The number of azide groups is 1. The summed E-state index contributed by atoms with van der Waals surface area (Å²) in [6.07, 6.45) is -0.441. The van der Waals surface area contributed by atoms with Gasteiger partial charge in [0, 0.05) is 27.8 Å². The van der Waals surface area contributed by atoms with Crippen LogP contribution in [0.4, 0.5) is 17.1 Å². The number of rotatable bonds is 11. The van der Waals surface area contributed by atoms with Crippen LogP contribution in [0.1, 0.15) is 51.9 Å². The molecule has 52 heavy (non-hydrogen) atoms. The number of hydrogen-bond donors (Lipinski definition) is 2. The van der Waals surface area contributed by atoms with Crippen molar-refractivity contribution in [2.75, 3.05) is 38.5 Å². The number of aromatic nitrogens is 1. The molecule has 0 saturated heterocycles. The summed E-state index contributed by atoms with van der Waals surface area (Å²) >= 11 is 0. The van der Waals surface area contributed by atoms with Gasteiger partial charge in [-0.25, -0.2) is 9.90 Å². The maximum Gasteiger partial charge on any atom is 0.255 e. The number of nitrogens with one attached hydrogen (secondary N) is 2. The van der Waals surface area contributed by atoms with Crippen LogP contribution in [0.5, 0.6) is 23.0 Å². The van der Waals surface area contributed by atoms with E-state index in [1.807, 2.05) is 63.2 Å². The number of aryl methyl sites for hydroxylation is 1. The summed E-state index contributed by atoms with van der Waals surface area (Å²) in [6, 6.07) is 21.6. The standard InChI is InChI=1S/C35H29N7O8.C2H6/c1-18-5-8-24-22(11-18)34(43)38-33(37-24)20-7-10-28(30(14-20)45-2)48-17-49-42-26-9-6-19(13-27(26)42)29-16-25(40-50-29)21-12-23(35(44)39-41-36)32(47-4)31(15-21)46-3;1-2/h5-16,33,37H,17H2,1-4H3,(H,38,43);1-2H3. The Morgan fingerprint density at radius 3 is 2.46 bits per heavy atom. The lowest BCUT2D eigenvalue weighted by atomic mass is 10.0. The molecule has 3 heterocycles. The summed E-state index contributed by atoms with van der Waals surface area (Å²) in [4.78, 5) is 33.6. The number of anilines is 3. The van der Waals surface area contributed by atoms with Crippen LogP contribution >= 0.6 is 0 Å². The van der Waals surface area contributed by atoms with Crippen molar-refractivity contribution in [3.63, 3.8) is 0 Å². The van der Waals surface area contributed by atoms with Gasteiger partial charge in [-0.2, -0.15) is 0 Å². The number of nitrogens with zero attached hydrogens (tertiary/aromatic N) is 5. The van der Waals surface area contributed by atoms with Gasteiger partial charge in [-0.15, -0.1) is 0 Å². The van der Waals surface area contributed by atoms with E-state index in [0.717, 1.165) is 33.8 Å². The first-order valence-electron chi connectivity index (χ1n) is 16.2. The van der Waals surface area contributed by atoms with Crippen molar-refractivity contribution in [3.05, 3.63) is 105 Å². The SMILES string of the molecule is CC.COc1cc(C2NC(=O)c3cc(C)ccc3N2)ccc1OCON1c2ccc(-c3cc(-c4cc(OC)c(OC)c(C(=O)N=[N+]=[N-])c4)no3)cc21. The molecule has 2 amide bonds. The smallest absolute Gasteiger partial charge is 0.255 e. The summed E-state index contributed by atoms with van der Waals surface area (Å²) in [5.41, 5.74) is 15.3. The molecule has 2 aliphatic heterocycles. The van der Waals surface area contributed by atoms with Crippen molar-refractivity contribution in [1.29, 1.82) is 0 Å². The largest absolute Gasteiger partial charge is 0.493 e. The lowest BCUT2D eigenvalue weighted by molar-refractivity contribution is 0.0240. The Kier molecular flexibility index (Phi) is 10.2. The number of methoxy groups -OCH3 is 3. The molecule has 2 aliphatic rings. The zero-order valence-corrected chi connectivity index (χ0v) is 29.2. The van der Waals surface area contributed by atoms with Gasteiger partial charge < -0.3 is 34.1 Å². The predicted octanol–water partition coefficient (Wildman–Crippen LogP) is 8.09. The van der Waals surface area contributed by atoms with E-state index in [9.17, 15) is 9.59 Å². The van der Waals surface area contributed by atoms with Crippen LogP contribution in [0.3, 0.4) is 0 Å². The number of amides is 2. The van der Waals surface area contributed by atoms with Gasteiger partial charge in [0.2, 0.25) is 6.79 Å². The van der Waals surface area contributed by atoms with Crippen LogP contribution < -0.4 is 34.6 Å². The number of benzene rings is 4. The lowest BCUT2D eigenvalue weighted by Gasteiger charge is -2.28. The Hall–Kier alpha value is -6.70. The Morgan fingerprint density at radius 2 is 1.71 bits per heavy atom. The first kappa shape index (κ1) is 35.1. The van der Waals surface area contributed by atoms with Gasteiger partial charge in [0.1, 0.15) is 11.9 Å². The highest BCUT2D eigenvalue weighted by molar-refractivity contribution is 6.02.